The predicted octanol–water partition coefficient (Wildman–Crippen LogP) is 1.57. The first-order valence-electron chi connectivity index (χ1n) is 5.42. The minimum absolute atomic E-state index is 0.360. The van der Waals surface area contributed by atoms with Gasteiger partial charge in [0, 0.05) is 7.11 Å². The highest BCUT2D eigenvalue weighted by Gasteiger charge is 2.18. The van der Waals surface area contributed by atoms with Gasteiger partial charge < -0.3 is 15.7 Å². The molecule has 2 unspecified atom stereocenters. The summed E-state index contributed by atoms with van der Waals surface area (Å²) in [5.74, 6) is 3.50. The van der Waals surface area contributed by atoms with Crippen molar-refractivity contribution in [1.29, 1.82) is 0 Å². The molecule has 1 rings (SSSR count). The van der Waals surface area contributed by atoms with Gasteiger partial charge in [0.05, 0.1) is 12.1 Å². The summed E-state index contributed by atoms with van der Waals surface area (Å²) in [5.41, 5.74) is 7.81. The molecule has 0 saturated carbocycles. The Morgan fingerprint density at radius 3 is 2.18 bits per heavy atom. The summed E-state index contributed by atoms with van der Waals surface area (Å²) in [7, 11) is 1.55. The van der Waals surface area contributed by atoms with Crippen LogP contribution >= 0.6 is 0 Å². The number of hydrogen-bond acceptors (Lipinski definition) is 4. The third kappa shape index (κ3) is 4.79. The maximum atomic E-state index is 12.4. The van der Waals surface area contributed by atoms with Gasteiger partial charge in [-0.3, -0.25) is 0 Å². The van der Waals surface area contributed by atoms with Gasteiger partial charge in [0.2, 0.25) is 0 Å². The lowest BCUT2D eigenvalue weighted by Gasteiger charge is -2.20. The average Bonchev–Trinajstić information content (AvgIpc) is 2.42. The van der Waals surface area contributed by atoms with Crippen molar-refractivity contribution in [2.45, 2.75) is 25.5 Å². The Balaban J connectivity index is 0.00000121. The van der Waals surface area contributed by atoms with E-state index >= 15 is 0 Å². The van der Waals surface area contributed by atoms with Gasteiger partial charge in [-0.05, 0) is 17.5 Å². The molecule has 0 saturated heterocycles. The zero-order chi connectivity index (χ0) is 13.3. The second-order valence-electron chi connectivity index (χ2n) is 3.57. The Hall–Kier alpha value is -1.01. The molecule has 0 aromatic heterocycles. The molecule has 0 aliphatic heterocycles. The molecule has 0 aliphatic rings. The van der Waals surface area contributed by atoms with Gasteiger partial charge in [0.1, 0.15) is 6.67 Å². The van der Waals surface area contributed by atoms with Crippen molar-refractivity contribution in [1.82, 2.24) is 0 Å². The molecule has 0 spiro atoms. The first kappa shape index (κ1) is 16.0. The number of alkyl halides is 1. The highest BCUT2D eigenvalue weighted by atomic mass is 19.1. The first-order chi connectivity index (χ1) is 8.22. The molecule has 1 aromatic carbocycles. The van der Waals surface area contributed by atoms with Gasteiger partial charge >= 0.3 is 0 Å². The Kier molecular flexibility index (Phi) is 8.53. The monoisotopic (exact) mass is 244 g/mol. The summed E-state index contributed by atoms with van der Waals surface area (Å²) in [5, 5.41) is 6.50. The van der Waals surface area contributed by atoms with E-state index in [4.69, 9.17) is 15.7 Å². The normalized spacial score (nSPS) is 13.5. The van der Waals surface area contributed by atoms with Crippen LogP contribution in [-0.4, -0.2) is 25.0 Å². The highest BCUT2D eigenvalue weighted by Crippen LogP contribution is 2.20. The summed E-state index contributed by atoms with van der Waals surface area (Å²) >= 11 is 0. The van der Waals surface area contributed by atoms with Gasteiger partial charge in [-0.2, -0.15) is 0 Å². The zero-order valence-corrected chi connectivity index (χ0v) is 10.3. The summed E-state index contributed by atoms with van der Waals surface area (Å²) in [6.45, 7) is 1.52. The first-order valence-corrected chi connectivity index (χ1v) is 5.42. The van der Waals surface area contributed by atoms with Crippen molar-refractivity contribution in [3.63, 3.8) is 0 Å². The van der Waals surface area contributed by atoms with Crippen LogP contribution in [0.25, 0.3) is 0 Å². The summed E-state index contributed by atoms with van der Waals surface area (Å²) in [4.78, 5) is 0. The molecule has 0 amide bonds. The fourth-order valence-corrected chi connectivity index (χ4v) is 1.58. The van der Waals surface area contributed by atoms with Gasteiger partial charge in [-0.25, -0.2) is 10.3 Å². The van der Waals surface area contributed by atoms with Crippen molar-refractivity contribution in [3.05, 3.63) is 35.4 Å². The lowest BCUT2D eigenvalue weighted by molar-refractivity contribution is 0.0720. The van der Waals surface area contributed by atoms with Crippen LogP contribution < -0.4 is 11.6 Å². The molecule has 2 atom stereocenters. The predicted molar refractivity (Wildman–Crippen MR) is 65.5 cm³/mol. The molecule has 5 N–H and O–H groups in total. The third-order valence-corrected chi connectivity index (χ3v) is 2.54. The average molecular weight is 244 g/mol. The van der Waals surface area contributed by atoms with E-state index in [0.717, 1.165) is 12.0 Å². The number of halogens is 1. The van der Waals surface area contributed by atoms with Gasteiger partial charge in [0.25, 0.3) is 0 Å². The van der Waals surface area contributed by atoms with E-state index in [1.807, 2.05) is 24.3 Å². The number of methoxy groups -OCH3 is 1. The second-order valence-corrected chi connectivity index (χ2v) is 3.57. The van der Waals surface area contributed by atoms with Crippen LogP contribution in [0.5, 0.6) is 0 Å². The number of aryl methyl sites for hydroxylation is 1. The minimum Gasteiger partial charge on any atom is -0.375 e. The van der Waals surface area contributed by atoms with E-state index < -0.39 is 12.7 Å². The number of ether oxygens (including phenoxy) is 1. The van der Waals surface area contributed by atoms with Crippen molar-refractivity contribution < 1.29 is 14.3 Å². The van der Waals surface area contributed by atoms with E-state index in [1.54, 1.807) is 7.11 Å². The minimum atomic E-state index is -0.595. The Morgan fingerprint density at radius 1 is 1.29 bits per heavy atom. The van der Waals surface area contributed by atoms with Crippen LogP contribution in [-0.2, 0) is 11.2 Å². The van der Waals surface area contributed by atoms with E-state index in [1.165, 1.54) is 5.56 Å². The number of rotatable bonds is 5. The number of nitrogens with two attached hydrogens (primary N) is 2. The fraction of sp³-hybridized carbons (Fsp3) is 0.500. The van der Waals surface area contributed by atoms with Crippen molar-refractivity contribution in [2.75, 3.05) is 13.8 Å². The van der Waals surface area contributed by atoms with Crippen LogP contribution in [0.3, 0.4) is 0 Å². The Labute approximate surface area is 101 Å². The molecule has 1 aromatic rings. The molecule has 0 aliphatic carbocycles. The quantitative estimate of drug-likeness (QED) is 0.687. The van der Waals surface area contributed by atoms with Crippen molar-refractivity contribution in [2.24, 2.45) is 11.6 Å². The van der Waals surface area contributed by atoms with Crippen LogP contribution in [0.2, 0.25) is 0 Å². The molecule has 17 heavy (non-hydrogen) atoms. The Morgan fingerprint density at radius 2 is 1.82 bits per heavy atom. The van der Waals surface area contributed by atoms with Crippen LogP contribution in [0.15, 0.2) is 24.3 Å². The van der Waals surface area contributed by atoms with E-state index in [-0.39, 0.29) is 6.10 Å². The summed E-state index contributed by atoms with van der Waals surface area (Å²) < 4.78 is 17.6. The molecule has 0 bridgehead atoms. The van der Waals surface area contributed by atoms with E-state index in [0.29, 0.717) is 0 Å². The van der Waals surface area contributed by atoms with Gasteiger partial charge in [0.15, 0.2) is 0 Å². The molecule has 0 heterocycles. The molecule has 4 nitrogen and oxygen atoms in total. The van der Waals surface area contributed by atoms with Crippen LogP contribution in [0.4, 0.5) is 4.39 Å². The molecule has 0 radical (unpaired) electrons. The largest absolute Gasteiger partial charge is 0.375 e. The van der Waals surface area contributed by atoms with E-state index in [9.17, 15) is 4.39 Å². The Bertz CT molecular complexity index is 293. The smallest absolute Gasteiger partial charge is 0.107 e. The zero-order valence-electron chi connectivity index (χ0n) is 10.3. The third-order valence-electron chi connectivity index (χ3n) is 2.54. The van der Waals surface area contributed by atoms with Gasteiger partial charge in [-0.1, -0.05) is 31.2 Å². The van der Waals surface area contributed by atoms with E-state index in [2.05, 4.69) is 12.8 Å². The molecular formula is C12H21FN2O2. The molecular weight excluding hydrogens is 223 g/mol. The lowest BCUT2D eigenvalue weighted by Crippen LogP contribution is -2.31. The molecule has 5 heteroatoms. The highest BCUT2D eigenvalue weighted by molar-refractivity contribution is 5.25. The van der Waals surface area contributed by atoms with Crippen LogP contribution in [0.1, 0.15) is 24.2 Å². The topological polar surface area (TPSA) is 81.5 Å². The van der Waals surface area contributed by atoms with Gasteiger partial charge in [-0.15, -0.1) is 0 Å². The molecule has 0 fully saturated rings. The van der Waals surface area contributed by atoms with Crippen molar-refractivity contribution >= 4 is 0 Å². The number of benzene rings is 1. The lowest BCUT2D eigenvalue weighted by atomic mass is 10.0. The molecule has 98 valence electrons. The SMILES string of the molecule is CCc1ccc(C(OC)C(N)CF)cc1.NO. The summed E-state index contributed by atoms with van der Waals surface area (Å²) in [6, 6.07) is 7.34. The second kappa shape index (κ2) is 9.07. The maximum absolute atomic E-state index is 12.4. The number of hydrogen-bond donors (Lipinski definition) is 3. The van der Waals surface area contributed by atoms with Crippen molar-refractivity contribution in [3.8, 4) is 0 Å². The fourth-order valence-electron chi connectivity index (χ4n) is 1.58. The standard InChI is InChI=1S/C12H18FNO.H3NO/c1-3-9-4-6-10(7-5-9)12(15-2)11(14)8-13;1-2/h4-7,11-12H,3,8,14H2,1-2H3;2H,1H2. The van der Waals surface area contributed by atoms with Crippen LogP contribution in [0, 0.1) is 0 Å². The summed E-state index contributed by atoms with van der Waals surface area (Å²) in [6.07, 6.45) is 0.633. The maximum Gasteiger partial charge on any atom is 0.107 e.